The SMILES string of the molecule is CN(C)[C@H]1CC2(CCN(Cc3cncn3C)CC2)OC[C@]1(C)O. The van der Waals surface area contributed by atoms with Crippen molar-refractivity contribution in [2.24, 2.45) is 7.05 Å². The van der Waals surface area contributed by atoms with Crippen LogP contribution < -0.4 is 0 Å². The van der Waals surface area contributed by atoms with Crippen LogP contribution in [-0.2, 0) is 18.3 Å². The summed E-state index contributed by atoms with van der Waals surface area (Å²) < 4.78 is 8.27. The summed E-state index contributed by atoms with van der Waals surface area (Å²) in [5, 5.41) is 10.6. The molecular weight excluding hydrogens is 292 g/mol. The Kier molecular flexibility index (Phi) is 4.53. The lowest BCUT2D eigenvalue weighted by molar-refractivity contribution is -0.207. The van der Waals surface area contributed by atoms with Gasteiger partial charge in [-0.05, 0) is 40.3 Å². The fourth-order valence-corrected chi connectivity index (χ4v) is 4.00. The summed E-state index contributed by atoms with van der Waals surface area (Å²) in [5.41, 5.74) is 0.417. The lowest BCUT2D eigenvalue weighted by atomic mass is 9.77. The third kappa shape index (κ3) is 3.45. The first-order valence-corrected chi connectivity index (χ1v) is 8.52. The number of rotatable bonds is 3. The lowest BCUT2D eigenvalue weighted by Crippen LogP contribution is -2.62. The first kappa shape index (κ1) is 16.9. The third-order valence-corrected chi connectivity index (χ3v) is 5.65. The topological polar surface area (TPSA) is 53.8 Å². The van der Waals surface area contributed by atoms with Crippen LogP contribution in [-0.4, -0.2) is 75.5 Å². The van der Waals surface area contributed by atoms with Crippen LogP contribution in [0.1, 0.15) is 31.9 Å². The molecule has 3 rings (SSSR count). The maximum atomic E-state index is 10.6. The molecule has 2 fully saturated rings. The normalized spacial score (nSPS) is 31.8. The largest absolute Gasteiger partial charge is 0.386 e. The lowest BCUT2D eigenvalue weighted by Gasteiger charge is -2.52. The highest BCUT2D eigenvalue weighted by Gasteiger charge is 2.48. The molecular formula is C17H30N4O2. The molecule has 0 aromatic carbocycles. The van der Waals surface area contributed by atoms with Gasteiger partial charge in [0.05, 0.1) is 24.2 Å². The molecule has 6 nitrogen and oxygen atoms in total. The van der Waals surface area contributed by atoms with E-state index in [1.165, 1.54) is 5.69 Å². The van der Waals surface area contributed by atoms with Crippen LogP contribution in [0.4, 0.5) is 0 Å². The minimum Gasteiger partial charge on any atom is -0.386 e. The van der Waals surface area contributed by atoms with Crippen molar-refractivity contribution in [3.63, 3.8) is 0 Å². The average molecular weight is 322 g/mol. The van der Waals surface area contributed by atoms with Gasteiger partial charge in [-0.15, -0.1) is 0 Å². The second kappa shape index (κ2) is 6.16. The van der Waals surface area contributed by atoms with Crippen molar-refractivity contribution >= 4 is 0 Å². The predicted molar refractivity (Wildman–Crippen MR) is 89.1 cm³/mol. The van der Waals surface area contributed by atoms with Crippen molar-refractivity contribution < 1.29 is 9.84 Å². The maximum Gasteiger partial charge on any atom is 0.101 e. The molecule has 1 aromatic rings. The van der Waals surface area contributed by atoms with Crippen molar-refractivity contribution in [2.45, 2.75) is 50.0 Å². The number of nitrogens with zero attached hydrogens (tertiary/aromatic N) is 4. The second-order valence-electron chi connectivity index (χ2n) is 7.78. The Labute approximate surface area is 139 Å². The van der Waals surface area contributed by atoms with Gasteiger partial charge in [-0.3, -0.25) is 4.90 Å². The first-order chi connectivity index (χ1) is 10.8. The number of likely N-dealkylation sites (N-methyl/N-ethyl adjacent to an activating group) is 1. The Morgan fingerprint density at radius 3 is 2.65 bits per heavy atom. The molecule has 0 amide bonds. The summed E-state index contributed by atoms with van der Waals surface area (Å²) in [4.78, 5) is 8.81. The fourth-order valence-electron chi connectivity index (χ4n) is 4.00. The van der Waals surface area contributed by atoms with Crippen molar-refractivity contribution in [2.75, 3.05) is 33.8 Å². The van der Waals surface area contributed by atoms with Gasteiger partial charge in [0.15, 0.2) is 0 Å². The zero-order valence-corrected chi connectivity index (χ0v) is 14.8. The summed E-state index contributed by atoms with van der Waals surface area (Å²) >= 11 is 0. The molecule has 2 aliphatic heterocycles. The van der Waals surface area contributed by atoms with Gasteiger partial charge < -0.3 is 19.3 Å². The monoisotopic (exact) mass is 322 g/mol. The zero-order chi connectivity index (χ0) is 16.7. The van der Waals surface area contributed by atoms with E-state index in [2.05, 4.69) is 33.4 Å². The van der Waals surface area contributed by atoms with Crippen LogP contribution in [0.5, 0.6) is 0 Å². The molecule has 3 heterocycles. The zero-order valence-electron chi connectivity index (χ0n) is 14.8. The van der Waals surface area contributed by atoms with Gasteiger partial charge in [-0.2, -0.15) is 0 Å². The van der Waals surface area contributed by atoms with Gasteiger partial charge in [-0.1, -0.05) is 0 Å². The van der Waals surface area contributed by atoms with E-state index in [-0.39, 0.29) is 11.6 Å². The van der Waals surface area contributed by atoms with Crippen molar-refractivity contribution in [1.29, 1.82) is 0 Å². The molecule has 0 saturated carbocycles. The smallest absolute Gasteiger partial charge is 0.101 e. The van der Waals surface area contributed by atoms with E-state index in [1.807, 2.05) is 26.5 Å². The second-order valence-corrected chi connectivity index (χ2v) is 7.78. The molecule has 1 N–H and O–H groups in total. The Hall–Kier alpha value is -0.950. The van der Waals surface area contributed by atoms with E-state index in [0.717, 1.165) is 38.9 Å². The van der Waals surface area contributed by atoms with Gasteiger partial charge in [-0.25, -0.2) is 4.98 Å². The number of aryl methyl sites for hydroxylation is 1. The molecule has 1 spiro atoms. The van der Waals surface area contributed by atoms with Gasteiger partial charge in [0, 0.05) is 38.9 Å². The highest BCUT2D eigenvalue weighted by Crippen LogP contribution is 2.39. The molecule has 2 atom stereocenters. The summed E-state index contributed by atoms with van der Waals surface area (Å²) in [6.45, 7) is 5.34. The molecule has 130 valence electrons. The van der Waals surface area contributed by atoms with E-state index in [1.54, 1.807) is 0 Å². The van der Waals surface area contributed by atoms with Gasteiger partial charge >= 0.3 is 0 Å². The Morgan fingerprint density at radius 2 is 2.09 bits per heavy atom. The molecule has 2 aliphatic rings. The van der Waals surface area contributed by atoms with Crippen LogP contribution >= 0.6 is 0 Å². The van der Waals surface area contributed by atoms with Gasteiger partial charge in [0.2, 0.25) is 0 Å². The van der Waals surface area contributed by atoms with Crippen molar-refractivity contribution in [3.8, 4) is 0 Å². The van der Waals surface area contributed by atoms with Crippen LogP contribution in [0.25, 0.3) is 0 Å². The van der Waals surface area contributed by atoms with Crippen molar-refractivity contribution in [3.05, 3.63) is 18.2 Å². The first-order valence-electron chi connectivity index (χ1n) is 8.52. The van der Waals surface area contributed by atoms with E-state index in [9.17, 15) is 5.11 Å². The fraction of sp³-hybridized carbons (Fsp3) is 0.824. The van der Waals surface area contributed by atoms with E-state index in [0.29, 0.717) is 6.61 Å². The van der Waals surface area contributed by atoms with Gasteiger partial charge in [0.25, 0.3) is 0 Å². The molecule has 2 saturated heterocycles. The summed E-state index contributed by atoms with van der Waals surface area (Å²) in [6, 6.07) is 0.153. The number of hydrogen-bond donors (Lipinski definition) is 1. The van der Waals surface area contributed by atoms with Crippen LogP contribution in [0.2, 0.25) is 0 Å². The number of likely N-dealkylation sites (tertiary alicyclic amines) is 1. The number of aliphatic hydroxyl groups is 1. The molecule has 6 heteroatoms. The number of ether oxygens (including phenoxy) is 1. The number of hydrogen-bond acceptors (Lipinski definition) is 5. The van der Waals surface area contributed by atoms with E-state index in [4.69, 9.17) is 4.74 Å². The predicted octanol–water partition coefficient (Wildman–Crippen LogP) is 0.856. The molecule has 23 heavy (non-hydrogen) atoms. The maximum absolute atomic E-state index is 10.6. The minimum atomic E-state index is -0.763. The molecule has 0 unspecified atom stereocenters. The van der Waals surface area contributed by atoms with Crippen molar-refractivity contribution in [1.82, 2.24) is 19.4 Å². The van der Waals surface area contributed by atoms with E-state index >= 15 is 0 Å². The molecule has 0 aliphatic carbocycles. The van der Waals surface area contributed by atoms with Gasteiger partial charge in [0.1, 0.15) is 5.60 Å². The number of aromatic nitrogens is 2. The van der Waals surface area contributed by atoms with Crippen LogP contribution in [0, 0.1) is 0 Å². The van der Waals surface area contributed by atoms with Crippen LogP contribution in [0.3, 0.4) is 0 Å². The minimum absolute atomic E-state index is 0.0693. The highest BCUT2D eigenvalue weighted by molar-refractivity contribution is 5.03. The standard InChI is InChI=1S/C17H30N4O2/c1-16(22)12-23-17(9-15(16)19(2)3)5-7-21(8-6-17)11-14-10-18-13-20(14)4/h10,13,15,22H,5-9,11-12H2,1-4H3/t15-,16-/m0/s1. The Morgan fingerprint density at radius 1 is 1.39 bits per heavy atom. The van der Waals surface area contributed by atoms with Crippen LogP contribution in [0.15, 0.2) is 12.5 Å². The molecule has 1 aromatic heterocycles. The average Bonchev–Trinajstić information content (AvgIpc) is 2.89. The number of imidazole rings is 1. The number of piperidine rings is 1. The summed E-state index contributed by atoms with van der Waals surface area (Å²) in [5.74, 6) is 0. The Bertz CT molecular complexity index is 532. The molecule has 0 bridgehead atoms. The summed E-state index contributed by atoms with van der Waals surface area (Å²) in [7, 11) is 6.15. The van der Waals surface area contributed by atoms with E-state index < -0.39 is 5.60 Å². The Balaban J connectivity index is 1.61. The third-order valence-electron chi connectivity index (χ3n) is 5.65. The molecule has 0 radical (unpaired) electrons. The summed E-state index contributed by atoms with van der Waals surface area (Å²) in [6.07, 6.45) is 6.78. The quantitative estimate of drug-likeness (QED) is 0.894. The highest BCUT2D eigenvalue weighted by atomic mass is 16.5.